The number of aromatic nitrogens is 2. The van der Waals surface area contributed by atoms with Gasteiger partial charge < -0.3 is 5.32 Å². The van der Waals surface area contributed by atoms with Crippen molar-refractivity contribution in [3.8, 4) is 0 Å². The monoisotopic (exact) mass is 238 g/mol. The van der Waals surface area contributed by atoms with Crippen molar-refractivity contribution < 1.29 is 0 Å². The highest BCUT2D eigenvalue weighted by molar-refractivity contribution is 5.79. The zero-order chi connectivity index (χ0) is 12.5. The number of unbranched alkanes of at least 4 members (excludes halogenated alkanes) is 1. The number of nitrogens with zero attached hydrogens (tertiary/aromatic N) is 3. The van der Waals surface area contributed by atoms with Crippen LogP contribution in [0, 0.1) is 0 Å². The van der Waals surface area contributed by atoms with E-state index in [1.165, 1.54) is 5.56 Å². The standard InChI is InChI=1S/C11H22N6/c1-3-4-6-13-11(16-12)14-7-5-10-8-15-17(2)9-10/h8-9H,3-7,12H2,1-2H3,(H2,13,14,16). The van der Waals surface area contributed by atoms with Crippen LogP contribution in [0.5, 0.6) is 0 Å². The van der Waals surface area contributed by atoms with E-state index in [4.69, 9.17) is 5.84 Å². The molecule has 0 atom stereocenters. The van der Waals surface area contributed by atoms with Crippen LogP contribution in [-0.4, -0.2) is 28.8 Å². The molecule has 4 N–H and O–H groups in total. The first-order chi connectivity index (χ1) is 8.26. The molecule has 1 aromatic heterocycles. The molecule has 0 bridgehead atoms. The largest absolute Gasteiger partial charge is 0.355 e. The Balaban J connectivity index is 2.25. The highest BCUT2D eigenvalue weighted by atomic mass is 15.3. The Morgan fingerprint density at radius 1 is 1.59 bits per heavy atom. The number of hydrogen-bond donors (Lipinski definition) is 3. The third kappa shape index (κ3) is 5.35. The molecule has 6 nitrogen and oxygen atoms in total. The molecule has 0 aromatic carbocycles. The van der Waals surface area contributed by atoms with Crippen LogP contribution >= 0.6 is 0 Å². The molecule has 0 radical (unpaired) electrons. The second kappa shape index (κ2) is 7.67. The number of aliphatic imine (C=N–C) groups is 1. The SMILES string of the molecule is CCCCN=C(NN)NCCc1cnn(C)c1. The molecule has 96 valence electrons. The van der Waals surface area contributed by atoms with Gasteiger partial charge in [-0.1, -0.05) is 13.3 Å². The van der Waals surface area contributed by atoms with Crippen molar-refractivity contribution in [1.82, 2.24) is 20.5 Å². The van der Waals surface area contributed by atoms with Crippen LogP contribution < -0.4 is 16.6 Å². The molecular formula is C11H22N6. The van der Waals surface area contributed by atoms with Gasteiger partial charge in [0.05, 0.1) is 6.20 Å². The minimum absolute atomic E-state index is 0.655. The number of nitrogens with one attached hydrogen (secondary N) is 2. The van der Waals surface area contributed by atoms with E-state index in [9.17, 15) is 0 Å². The van der Waals surface area contributed by atoms with E-state index in [0.29, 0.717) is 5.96 Å². The molecule has 0 saturated carbocycles. The summed E-state index contributed by atoms with van der Waals surface area (Å²) in [5.41, 5.74) is 3.77. The molecule has 0 saturated heterocycles. The number of rotatable bonds is 6. The van der Waals surface area contributed by atoms with Crippen LogP contribution in [0.15, 0.2) is 17.4 Å². The van der Waals surface area contributed by atoms with E-state index in [2.05, 4.69) is 27.8 Å². The van der Waals surface area contributed by atoms with Gasteiger partial charge in [-0.05, 0) is 18.4 Å². The Kier molecular flexibility index (Phi) is 6.09. The average molecular weight is 238 g/mol. The molecule has 0 fully saturated rings. The molecule has 1 aromatic rings. The smallest absolute Gasteiger partial charge is 0.205 e. The number of nitrogens with two attached hydrogens (primary N) is 1. The topological polar surface area (TPSA) is 80.3 Å². The van der Waals surface area contributed by atoms with Gasteiger partial charge >= 0.3 is 0 Å². The summed E-state index contributed by atoms with van der Waals surface area (Å²) in [5.74, 6) is 6.03. The van der Waals surface area contributed by atoms with E-state index < -0.39 is 0 Å². The Bertz CT molecular complexity index is 343. The summed E-state index contributed by atoms with van der Waals surface area (Å²) in [7, 11) is 1.91. The van der Waals surface area contributed by atoms with Crippen LogP contribution in [-0.2, 0) is 13.5 Å². The molecule has 0 unspecified atom stereocenters. The summed E-state index contributed by atoms with van der Waals surface area (Å²) in [4.78, 5) is 4.32. The predicted octanol–water partition coefficient (Wildman–Crippen LogP) is 0.172. The van der Waals surface area contributed by atoms with Crippen LogP contribution in [0.4, 0.5) is 0 Å². The third-order valence-corrected chi connectivity index (χ3v) is 2.38. The Morgan fingerprint density at radius 2 is 2.41 bits per heavy atom. The fraction of sp³-hybridized carbons (Fsp3) is 0.636. The first kappa shape index (κ1) is 13.5. The molecule has 1 rings (SSSR count). The predicted molar refractivity (Wildman–Crippen MR) is 69.4 cm³/mol. The molecule has 0 amide bonds. The van der Waals surface area contributed by atoms with E-state index in [-0.39, 0.29) is 0 Å². The molecular weight excluding hydrogens is 216 g/mol. The summed E-state index contributed by atoms with van der Waals surface area (Å²) in [5, 5.41) is 7.28. The summed E-state index contributed by atoms with van der Waals surface area (Å²) in [6.07, 6.45) is 6.99. The van der Waals surface area contributed by atoms with Crippen LogP contribution in [0.3, 0.4) is 0 Å². The van der Waals surface area contributed by atoms with E-state index in [1.807, 2.05) is 19.4 Å². The van der Waals surface area contributed by atoms with E-state index in [1.54, 1.807) is 4.68 Å². The molecule has 6 heteroatoms. The zero-order valence-corrected chi connectivity index (χ0v) is 10.6. The van der Waals surface area contributed by atoms with Crippen molar-refractivity contribution in [2.45, 2.75) is 26.2 Å². The van der Waals surface area contributed by atoms with Crippen molar-refractivity contribution in [2.24, 2.45) is 17.9 Å². The highest BCUT2D eigenvalue weighted by Gasteiger charge is 1.98. The van der Waals surface area contributed by atoms with Gasteiger partial charge in [0.1, 0.15) is 0 Å². The van der Waals surface area contributed by atoms with E-state index >= 15 is 0 Å². The Morgan fingerprint density at radius 3 is 3.00 bits per heavy atom. The van der Waals surface area contributed by atoms with Gasteiger partial charge in [0.25, 0.3) is 0 Å². The van der Waals surface area contributed by atoms with Gasteiger partial charge in [0.15, 0.2) is 0 Å². The van der Waals surface area contributed by atoms with Crippen LogP contribution in [0.1, 0.15) is 25.3 Å². The molecule has 17 heavy (non-hydrogen) atoms. The normalized spacial score (nSPS) is 11.6. The summed E-state index contributed by atoms with van der Waals surface area (Å²) in [6.45, 7) is 3.73. The fourth-order valence-corrected chi connectivity index (χ4v) is 1.43. The van der Waals surface area contributed by atoms with Crippen molar-refractivity contribution in [2.75, 3.05) is 13.1 Å². The summed E-state index contributed by atoms with van der Waals surface area (Å²) >= 11 is 0. The van der Waals surface area contributed by atoms with Crippen molar-refractivity contribution in [1.29, 1.82) is 0 Å². The lowest BCUT2D eigenvalue weighted by Gasteiger charge is -2.08. The van der Waals surface area contributed by atoms with Crippen molar-refractivity contribution in [3.05, 3.63) is 18.0 Å². The van der Waals surface area contributed by atoms with Gasteiger partial charge in [0, 0.05) is 26.3 Å². The summed E-state index contributed by atoms with van der Waals surface area (Å²) < 4.78 is 1.80. The lowest BCUT2D eigenvalue weighted by Crippen LogP contribution is -2.42. The Labute approximate surface area is 102 Å². The van der Waals surface area contributed by atoms with E-state index in [0.717, 1.165) is 32.4 Å². The molecule has 0 aliphatic heterocycles. The third-order valence-electron chi connectivity index (χ3n) is 2.38. The lowest BCUT2D eigenvalue weighted by molar-refractivity contribution is 0.762. The summed E-state index contributed by atoms with van der Waals surface area (Å²) in [6, 6.07) is 0. The highest BCUT2D eigenvalue weighted by Crippen LogP contribution is 1.95. The maximum Gasteiger partial charge on any atom is 0.205 e. The number of guanidine groups is 1. The number of hydrazine groups is 1. The van der Waals surface area contributed by atoms with Gasteiger partial charge in [-0.2, -0.15) is 5.10 Å². The van der Waals surface area contributed by atoms with Crippen LogP contribution in [0.25, 0.3) is 0 Å². The minimum Gasteiger partial charge on any atom is -0.355 e. The molecule has 0 spiro atoms. The first-order valence-corrected chi connectivity index (χ1v) is 5.98. The molecule has 1 heterocycles. The second-order valence-electron chi connectivity index (χ2n) is 3.93. The quantitative estimate of drug-likeness (QED) is 0.217. The average Bonchev–Trinajstić information content (AvgIpc) is 2.73. The van der Waals surface area contributed by atoms with Crippen molar-refractivity contribution in [3.63, 3.8) is 0 Å². The number of aryl methyl sites for hydroxylation is 1. The molecule has 0 aliphatic carbocycles. The molecule has 0 aliphatic rings. The zero-order valence-electron chi connectivity index (χ0n) is 10.6. The maximum absolute atomic E-state index is 5.38. The first-order valence-electron chi connectivity index (χ1n) is 5.98. The van der Waals surface area contributed by atoms with Gasteiger partial charge in [0.2, 0.25) is 5.96 Å². The lowest BCUT2D eigenvalue weighted by atomic mass is 10.2. The number of hydrogen-bond acceptors (Lipinski definition) is 3. The Hall–Kier alpha value is -1.56. The fourth-order valence-electron chi connectivity index (χ4n) is 1.43. The van der Waals surface area contributed by atoms with Crippen molar-refractivity contribution >= 4 is 5.96 Å². The van der Waals surface area contributed by atoms with Gasteiger partial charge in [-0.3, -0.25) is 15.1 Å². The second-order valence-corrected chi connectivity index (χ2v) is 3.93. The minimum atomic E-state index is 0.655. The van der Waals surface area contributed by atoms with Crippen LogP contribution in [0.2, 0.25) is 0 Å². The van der Waals surface area contributed by atoms with Gasteiger partial charge in [-0.25, -0.2) is 5.84 Å². The van der Waals surface area contributed by atoms with Gasteiger partial charge in [-0.15, -0.1) is 0 Å². The maximum atomic E-state index is 5.38.